The van der Waals surface area contributed by atoms with Crippen molar-refractivity contribution in [3.63, 3.8) is 0 Å². The number of carbonyl (C=O) groups is 3. The molecule has 1 N–H and O–H groups in total. The first kappa shape index (κ1) is 25.8. The third-order valence-electron chi connectivity index (χ3n) is 5.18. The van der Waals surface area contributed by atoms with Crippen LogP contribution in [0.1, 0.15) is 111 Å². The quantitative estimate of drug-likeness (QED) is 0.313. The van der Waals surface area contributed by atoms with Gasteiger partial charge in [0.25, 0.3) is 0 Å². The minimum Gasteiger partial charge on any atom is -0.356 e. The molecule has 0 saturated heterocycles. The van der Waals surface area contributed by atoms with Crippen LogP contribution >= 0.6 is 0 Å². The van der Waals surface area contributed by atoms with Crippen LogP contribution in [0.15, 0.2) is 0 Å². The summed E-state index contributed by atoms with van der Waals surface area (Å²) in [6, 6.07) is 0. The number of nitrogens with one attached hydrogen (secondary N) is 1. The number of unbranched alkanes of at least 4 members (excludes halogenated alkanes) is 6. The van der Waals surface area contributed by atoms with Gasteiger partial charge < -0.3 is 5.32 Å². The lowest BCUT2D eigenvalue weighted by Crippen LogP contribution is -2.24. The SMILES string of the molecule is CCCCCCC(C)C(=O)CCCCCNC(=O)CCCCC(=O)C(C)C. The van der Waals surface area contributed by atoms with Gasteiger partial charge in [0.05, 0.1) is 0 Å². The van der Waals surface area contributed by atoms with Gasteiger partial charge >= 0.3 is 0 Å². The van der Waals surface area contributed by atoms with E-state index in [4.69, 9.17) is 0 Å². The number of rotatable bonds is 18. The maximum atomic E-state index is 12.1. The van der Waals surface area contributed by atoms with Crippen molar-refractivity contribution in [1.29, 1.82) is 0 Å². The van der Waals surface area contributed by atoms with Gasteiger partial charge in [-0.25, -0.2) is 0 Å². The second-order valence-corrected chi connectivity index (χ2v) is 8.21. The molecule has 0 radical (unpaired) electrons. The van der Waals surface area contributed by atoms with Gasteiger partial charge in [-0.15, -0.1) is 0 Å². The summed E-state index contributed by atoms with van der Waals surface area (Å²) < 4.78 is 0. The van der Waals surface area contributed by atoms with Crippen molar-refractivity contribution in [3.05, 3.63) is 0 Å². The number of carbonyl (C=O) groups excluding carboxylic acids is 3. The van der Waals surface area contributed by atoms with Crippen LogP contribution in [0.3, 0.4) is 0 Å². The summed E-state index contributed by atoms with van der Waals surface area (Å²) in [6.45, 7) is 8.77. The second-order valence-electron chi connectivity index (χ2n) is 8.21. The zero-order chi connectivity index (χ0) is 20.5. The van der Waals surface area contributed by atoms with E-state index in [1.165, 1.54) is 25.7 Å². The van der Waals surface area contributed by atoms with Crippen LogP contribution in [0.2, 0.25) is 0 Å². The molecule has 0 aromatic rings. The minimum absolute atomic E-state index is 0.0729. The van der Waals surface area contributed by atoms with Crippen molar-refractivity contribution in [1.82, 2.24) is 5.32 Å². The Balaban J connectivity index is 3.53. The highest BCUT2D eigenvalue weighted by Crippen LogP contribution is 2.14. The lowest BCUT2D eigenvalue weighted by molar-refractivity contribution is -0.123. The third kappa shape index (κ3) is 15.6. The van der Waals surface area contributed by atoms with Crippen molar-refractivity contribution < 1.29 is 14.4 Å². The molecule has 0 spiro atoms. The van der Waals surface area contributed by atoms with Crippen molar-refractivity contribution in [2.24, 2.45) is 11.8 Å². The predicted octanol–water partition coefficient (Wildman–Crippen LogP) is 5.62. The molecule has 0 aliphatic carbocycles. The van der Waals surface area contributed by atoms with Gasteiger partial charge in [0.1, 0.15) is 11.6 Å². The molecule has 0 heterocycles. The standard InChI is InChI=1S/C23H43NO3/c1-5-6-7-9-14-20(4)22(26)16-10-8-13-18-24-23(27)17-12-11-15-21(25)19(2)3/h19-20H,5-18H2,1-4H3,(H,24,27). The Bertz CT molecular complexity index is 418. The number of hydrogen-bond acceptors (Lipinski definition) is 3. The van der Waals surface area contributed by atoms with E-state index in [0.717, 1.165) is 38.5 Å². The Morgan fingerprint density at radius 1 is 0.704 bits per heavy atom. The molecule has 0 aliphatic rings. The normalized spacial score (nSPS) is 12.2. The van der Waals surface area contributed by atoms with Gasteiger partial charge in [-0.05, 0) is 32.1 Å². The summed E-state index contributed by atoms with van der Waals surface area (Å²) in [5.41, 5.74) is 0. The molecule has 0 aliphatic heterocycles. The van der Waals surface area contributed by atoms with Gasteiger partial charge in [0.15, 0.2) is 0 Å². The zero-order valence-corrected chi connectivity index (χ0v) is 18.3. The topological polar surface area (TPSA) is 63.2 Å². The molecular formula is C23H43NO3. The van der Waals surface area contributed by atoms with Gasteiger partial charge in [-0.1, -0.05) is 59.8 Å². The molecule has 4 heteroatoms. The average Bonchev–Trinajstić information content (AvgIpc) is 2.64. The Kier molecular flexibility index (Phi) is 16.2. The summed E-state index contributed by atoms with van der Waals surface area (Å²) in [5.74, 6) is 1.04. The molecule has 4 nitrogen and oxygen atoms in total. The van der Waals surface area contributed by atoms with Gasteiger partial charge in [-0.2, -0.15) is 0 Å². The van der Waals surface area contributed by atoms with Crippen molar-refractivity contribution in [2.45, 2.75) is 111 Å². The van der Waals surface area contributed by atoms with E-state index in [-0.39, 0.29) is 23.5 Å². The number of Topliss-reactive ketones (excluding diaryl/α,β-unsaturated/α-hetero) is 2. The lowest BCUT2D eigenvalue weighted by atomic mass is 9.95. The Morgan fingerprint density at radius 3 is 1.96 bits per heavy atom. The van der Waals surface area contributed by atoms with E-state index in [1.807, 2.05) is 13.8 Å². The first-order chi connectivity index (χ1) is 12.9. The summed E-state index contributed by atoms with van der Waals surface area (Å²) in [6.07, 6.45) is 12.1. The van der Waals surface area contributed by atoms with E-state index in [0.29, 0.717) is 31.6 Å². The Labute approximate surface area is 167 Å². The molecule has 1 amide bonds. The molecule has 0 aromatic heterocycles. The molecule has 27 heavy (non-hydrogen) atoms. The van der Waals surface area contributed by atoms with Crippen LogP contribution in [0.25, 0.3) is 0 Å². The second kappa shape index (κ2) is 16.9. The fourth-order valence-corrected chi connectivity index (χ4v) is 3.08. The van der Waals surface area contributed by atoms with Crippen molar-refractivity contribution in [2.75, 3.05) is 6.54 Å². The van der Waals surface area contributed by atoms with Crippen LogP contribution in [-0.4, -0.2) is 24.0 Å². The molecular weight excluding hydrogens is 338 g/mol. The van der Waals surface area contributed by atoms with E-state index in [9.17, 15) is 14.4 Å². The summed E-state index contributed by atoms with van der Waals surface area (Å²) in [5, 5.41) is 2.94. The third-order valence-corrected chi connectivity index (χ3v) is 5.18. The molecule has 0 saturated carbocycles. The fraction of sp³-hybridized carbons (Fsp3) is 0.870. The number of ketones is 2. The summed E-state index contributed by atoms with van der Waals surface area (Å²) >= 11 is 0. The smallest absolute Gasteiger partial charge is 0.219 e. The first-order valence-electron chi connectivity index (χ1n) is 11.2. The summed E-state index contributed by atoms with van der Waals surface area (Å²) in [7, 11) is 0. The molecule has 0 aromatic carbocycles. The molecule has 0 bridgehead atoms. The van der Waals surface area contributed by atoms with Gasteiger partial charge in [0.2, 0.25) is 5.91 Å². The minimum atomic E-state index is 0.0729. The van der Waals surface area contributed by atoms with E-state index in [1.54, 1.807) is 0 Å². The highest BCUT2D eigenvalue weighted by atomic mass is 16.1. The molecule has 158 valence electrons. The highest BCUT2D eigenvalue weighted by molar-refractivity contribution is 5.80. The van der Waals surface area contributed by atoms with Crippen molar-refractivity contribution in [3.8, 4) is 0 Å². The highest BCUT2D eigenvalue weighted by Gasteiger charge is 2.12. The van der Waals surface area contributed by atoms with Gasteiger partial charge in [0, 0.05) is 37.6 Å². The summed E-state index contributed by atoms with van der Waals surface area (Å²) in [4.78, 5) is 35.3. The molecule has 0 rings (SSSR count). The van der Waals surface area contributed by atoms with Crippen LogP contribution in [0, 0.1) is 11.8 Å². The largest absolute Gasteiger partial charge is 0.356 e. The number of hydrogen-bond donors (Lipinski definition) is 1. The number of amides is 1. The maximum Gasteiger partial charge on any atom is 0.219 e. The van der Waals surface area contributed by atoms with E-state index < -0.39 is 0 Å². The van der Waals surface area contributed by atoms with Crippen LogP contribution in [0.4, 0.5) is 0 Å². The Hall–Kier alpha value is -1.19. The van der Waals surface area contributed by atoms with Crippen LogP contribution in [-0.2, 0) is 14.4 Å². The van der Waals surface area contributed by atoms with Crippen LogP contribution in [0.5, 0.6) is 0 Å². The lowest BCUT2D eigenvalue weighted by Gasteiger charge is -2.10. The predicted molar refractivity (Wildman–Crippen MR) is 113 cm³/mol. The van der Waals surface area contributed by atoms with E-state index >= 15 is 0 Å². The van der Waals surface area contributed by atoms with Gasteiger partial charge in [-0.3, -0.25) is 14.4 Å². The zero-order valence-electron chi connectivity index (χ0n) is 18.3. The van der Waals surface area contributed by atoms with Crippen molar-refractivity contribution >= 4 is 17.5 Å². The molecule has 1 unspecified atom stereocenters. The monoisotopic (exact) mass is 381 g/mol. The Morgan fingerprint density at radius 2 is 1.30 bits per heavy atom. The average molecular weight is 382 g/mol. The molecule has 0 fully saturated rings. The fourth-order valence-electron chi connectivity index (χ4n) is 3.08. The maximum absolute atomic E-state index is 12.1. The van der Waals surface area contributed by atoms with E-state index in [2.05, 4.69) is 19.2 Å². The first-order valence-corrected chi connectivity index (χ1v) is 11.2. The molecule has 1 atom stereocenters. The van der Waals surface area contributed by atoms with Crippen LogP contribution < -0.4 is 5.32 Å².